The molecule has 1 unspecified atom stereocenters. The number of hydrogen-bond acceptors (Lipinski definition) is 0. The van der Waals surface area contributed by atoms with Crippen molar-refractivity contribution < 1.29 is 0 Å². The van der Waals surface area contributed by atoms with Gasteiger partial charge in [-0.05, 0) is 11.8 Å². The van der Waals surface area contributed by atoms with Crippen LogP contribution in [0, 0.1) is 11.8 Å². The van der Waals surface area contributed by atoms with Gasteiger partial charge in [-0.3, -0.25) is 0 Å². The molecule has 1 aliphatic carbocycles. The third kappa shape index (κ3) is 14.0. The lowest BCUT2D eigenvalue weighted by Crippen LogP contribution is -2.18. The molecule has 1 fully saturated rings. The average molecular weight is 216 g/mol. The molecule has 0 aromatic carbocycles. The Labute approximate surface area is 99.9 Å². The van der Waals surface area contributed by atoms with Crippen LogP contribution in [0.3, 0.4) is 0 Å². The first-order valence-corrected chi connectivity index (χ1v) is 7.26. The lowest BCUT2D eigenvalue weighted by atomic mass is 9.76. The summed E-state index contributed by atoms with van der Waals surface area (Å²) in [6, 6.07) is 0. The van der Waals surface area contributed by atoms with Crippen LogP contribution in [0.1, 0.15) is 87.5 Å². The van der Waals surface area contributed by atoms with Crippen LogP contribution in [0.15, 0.2) is 0 Å². The van der Waals surface area contributed by atoms with Crippen LogP contribution < -0.4 is 0 Å². The Balaban J connectivity index is -0.000000176. The van der Waals surface area contributed by atoms with Crippen LogP contribution in [0.25, 0.3) is 0 Å². The molecule has 0 saturated heterocycles. The van der Waals surface area contributed by atoms with E-state index in [4.69, 9.17) is 0 Å². The van der Waals surface area contributed by atoms with Crippen LogP contribution in [-0.4, -0.2) is 0 Å². The molecular weight excluding hydrogens is 180 g/mol. The van der Waals surface area contributed by atoms with E-state index in [2.05, 4.69) is 27.7 Å². The van der Waals surface area contributed by atoms with Gasteiger partial charge in [0, 0.05) is 0 Å². The number of hydrogen-bond donors (Lipinski definition) is 0. The average Bonchev–Trinajstić information content (AvgIpc) is 2.22. The molecular formula is C15H36. The van der Waals surface area contributed by atoms with Gasteiger partial charge in [-0.2, -0.15) is 0 Å². The van der Waals surface area contributed by atoms with E-state index in [9.17, 15) is 0 Å². The molecule has 0 radical (unpaired) electrons. The molecule has 15 heavy (non-hydrogen) atoms. The third-order valence-corrected chi connectivity index (χ3v) is 2.60. The second kappa shape index (κ2) is 19.6. The predicted octanol–water partition coefficient (Wildman–Crippen LogP) is 6.30. The zero-order valence-corrected chi connectivity index (χ0v) is 12.7. The minimum absolute atomic E-state index is 1.00. The summed E-state index contributed by atoms with van der Waals surface area (Å²) in [5.41, 5.74) is 0. The highest BCUT2D eigenvalue weighted by molar-refractivity contribution is 4.73. The molecule has 0 aliphatic heterocycles. The maximum absolute atomic E-state index is 2.38. The number of rotatable bonds is 2. The van der Waals surface area contributed by atoms with Gasteiger partial charge in [-0.1, -0.05) is 87.5 Å². The Morgan fingerprint density at radius 1 is 0.933 bits per heavy atom. The van der Waals surface area contributed by atoms with Crippen molar-refractivity contribution >= 4 is 0 Å². The molecule has 1 rings (SSSR count). The van der Waals surface area contributed by atoms with Gasteiger partial charge < -0.3 is 0 Å². The van der Waals surface area contributed by atoms with Crippen LogP contribution in [0.5, 0.6) is 0 Å². The van der Waals surface area contributed by atoms with Gasteiger partial charge in [0.05, 0.1) is 0 Å². The Morgan fingerprint density at radius 3 is 1.33 bits per heavy atom. The van der Waals surface area contributed by atoms with Gasteiger partial charge >= 0.3 is 0 Å². The summed E-state index contributed by atoms with van der Waals surface area (Å²) in [5.74, 6) is 2.10. The van der Waals surface area contributed by atoms with Gasteiger partial charge in [0.1, 0.15) is 0 Å². The van der Waals surface area contributed by atoms with Crippen LogP contribution in [0.4, 0.5) is 0 Å². The van der Waals surface area contributed by atoms with Crippen molar-refractivity contribution in [3.63, 3.8) is 0 Å². The van der Waals surface area contributed by atoms with Gasteiger partial charge in [0.2, 0.25) is 0 Å². The highest BCUT2D eigenvalue weighted by atomic mass is 14.3. The summed E-state index contributed by atoms with van der Waals surface area (Å²) in [5, 5.41) is 0. The highest BCUT2D eigenvalue weighted by Gasteiger charge is 2.21. The van der Waals surface area contributed by atoms with Gasteiger partial charge in [-0.15, -0.1) is 0 Å². The zero-order chi connectivity index (χ0) is 12.7. The van der Waals surface area contributed by atoms with E-state index >= 15 is 0 Å². The van der Waals surface area contributed by atoms with Crippen molar-refractivity contribution in [1.29, 1.82) is 0 Å². The Morgan fingerprint density at radius 2 is 1.27 bits per heavy atom. The molecule has 0 N–H and O–H groups in total. The standard InChI is InChI=1S/C8H16.C3H8.2C2H6/c1-3-7(2)8-5-4-6-8;1-3-2;2*1-2/h7-8H,3-6H2,1-2H3;3H2,1-2H3;2*1-2H3. The fourth-order valence-electron chi connectivity index (χ4n) is 1.34. The predicted molar refractivity (Wildman–Crippen MR) is 75.5 cm³/mol. The second-order valence-corrected chi connectivity index (χ2v) is 3.78. The Bertz CT molecular complexity index is 69.4. The molecule has 1 atom stereocenters. The largest absolute Gasteiger partial charge is 0.0683 e. The molecule has 0 bridgehead atoms. The monoisotopic (exact) mass is 216 g/mol. The van der Waals surface area contributed by atoms with Crippen LogP contribution >= 0.6 is 0 Å². The van der Waals surface area contributed by atoms with Gasteiger partial charge in [-0.25, -0.2) is 0 Å². The fraction of sp³-hybridized carbons (Fsp3) is 1.00. The molecule has 0 spiro atoms. The first kappa shape index (κ1) is 20.4. The first-order valence-electron chi connectivity index (χ1n) is 7.26. The summed E-state index contributed by atoms with van der Waals surface area (Å²) in [7, 11) is 0. The van der Waals surface area contributed by atoms with Crippen LogP contribution in [0.2, 0.25) is 0 Å². The topological polar surface area (TPSA) is 0 Å². The van der Waals surface area contributed by atoms with E-state index in [1.165, 1.54) is 32.1 Å². The van der Waals surface area contributed by atoms with Crippen molar-refractivity contribution in [2.45, 2.75) is 87.5 Å². The summed E-state index contributed by atoms with van der Waals surface area (Å²) >= 11 is 0. The SMILES string of the molecule is CC.CC.CCC.CCC(C)C1CCC1. The summed E-state index contributed by atoms with van der Waals surface area (Å²) in [4.78, 5) is 0. The molecule has 0 heteroatoms. The summed E-state index contributed by atoms with van der Waals surface area (Å²) in [6.07, 6.45) is 7.14. The molecule has 0 aromatic rings. The van der Waals surface area contributed by atoms with Crippen molar-refractivity contribution in [1.82, 2.24) is 0 Å². The molecule has 0 heterocycles. The van der Waals surface area contributed by atoms with Crippen molar-refractivity contribution in [3.8, 4) is 0 Å². The van der Waals surface area contributed by atoms with E-state index in [1.54, 1.807) is 0 Å². The van der Waals surface area contributed by atoms with Crippen molar-refractivity contribution in [2.24, 2.45) is 11.8 Å². The fourth-order valence-corrected chi connectivity index (χ4v) is 1.34. The minimum atomic E-state index is 1.00. The van der Waals surface area contributed by atoms with Crippen molar-refractivity contribution in [3.05, 3.63) is 0 Å². The van der Waals surface area contributed by atoms with Crippen LogP contribution in [-0.2, 0) is 0 Å². The quantitative estimate of drug-likeness (QED) is 0.508. The van der Waals surface area contributed by atoms with E-state index < -0.39 is 0 Å². The molecule has 0 aromatic heterocycles. The second-order valence-electron chi connectivity index (χ2n) is 3.78. The molecule has 96 valence electrons. The van der Waals surface area contributed by atoms with Gasteiger partial charge in [0.15, 0.2) is 0 Å². The maximum Gasteiger partial charge on any atom is -0.0389 e. The smallest absolute Gasteiger partial charge is 0.0389 e. The molecule has 0 nitrogen and oxygen atoms in total. The summed E-state index contributed by atoms with van der Waals surface area (Å²) in [6.45, 7) is 16.9. The Hall–Kier alpha value is 0. The minimum Gasteiger partial charge on any atom is -0.0683 e. The molecule has 0 amide bonds. The zero-order valence-electron chi connectivity index (χ0n) is 12.7. The molecule has 1 saturated carbocycles. The lowest BCUT2D eigenvalue weighted by molar-refractivity contribution is 0.215. The van der Waals surface area contributed by atoms with E-state index in [0.717, 1.165) is 11.8 Å². The van der Waals surface area contributed by atoms with Crippen molar-refractivity contribution in [2.75, 3.05) is 0 Å². The maximum atomic E-state index is 2.38. The summed E-state index contributed by atoms with van der Waals surface area (Å²) < 4.78 is 0. The normalized spacial score (nSPS) is 15.2. The van der Waals surface area contributed by atoms with E-state index in [0.29, 0.717) is 0 Å². The first-order chi connectivity index (χ1) is 7.26. The third-order valence-electron chi connectivity index (χ3n) is 2.60. The highest BCUT2D eigenvalue weighted by Crippen LogP contribution is 2.34. The van der Waals surface area contributed by atoms with Gasteiger partial charge in [0.25, 0.3) is 0 Å². The lowest BCUT2D eigenvalue weighted by Gasteiger charge is -2.30. The van der Waals surface area contributed by atoms with E-state index in [-0.39, 0.29) is 0 Å². The molecule has 1 aliphatic rings. The Kier molecular flexibility index (Phi) is 26.6. The van der Waals surface area contributed by atoms with E-state index in [1.807, 2.05) is 27.7 Å².